The van der Waals surface area contributed by atoms with Crippen LogP contribution in [-0.2, 0) is 10.0 Å². The normalized spacial score (nSPS) is 45.9. The molecule has 0 aromatic heterocycles. The standard InChI is InChI=1S/C20H25NO2S/c1-13-5-7-16(8-6-13)24(22,23)21-12-19-10-18(4)11-20(19,15(21)3)17(19)9-14(18)2/h5-9,15,17H,10-12H2,1-4H3. The van der Waals surface area contributed by atoms with Crippen molar-refractivity contribution in [3.05, 3.63) is 41.5 Å². The van der Waals surface area contributed by atoms with E-state index in [1.54, 1.807) is 12.1 Å². The summed E-state index contributed by atoms with van der Waals surface area (Å²) >= 11 is 0. The molecule has 6 rings (SSSR count). The number of allylic oxidation sites excluding steroid dienone is 2. The van der Waals surface area contributed by atoms with Gasteiger partial charge in [0.25, 0.3) is 0 Å². The molecule has 1 heterocycles. The van der Waals surface area contributed by atoms with E-state index in [1.165, 1.54) is 5.57 Å². The Balaban J connectivity index is 1.54. The summed E-state index contributed by atoms with van der Waals surface area (Å²) in [6, 6.07) is 7.38. The number of aryl methyl sites for hydroxylation is 1. The lowest BCUT2D eigenvalue weighted by Gasteiger charge is -2.42. The lowest BCUT2D eigenvalue weighted by atomic mass is 9.67. The molecule has 4 aliphatic carbocycles. The first kappa shape index (κ1) is 15.2. The highest BCUT2D eigenvalue weighted by molar-refractivity contribution is 7.89. The third-order valence-corrected chi connectivity index (χ3v) is 9.92. The van der Waals surface area contributed by atoms with Crippen LogP contribution in [0.25, 0.3) is 0 Å². The van der Waals surface area contributed by atoms with Crippen molar-refractivity contribution >= 4 is 10.0 Å². The smallest absolute Gasteiger partial charge is 0.207 e. The van der Waals surface area contributed by atoms with Crippen LogP contribution >= 0.6 is 0 Å². The van der Waals surface area contributed by atoms with Gasteiger partial charge >= 0.3 is 0 Å². The lowest BCUT2D eigenvalue weighted by Crippen LogP contribution is -2.45. The maximum Gasteiger partial charge on any atom is 0.243 e. The summed E-state index contributed by atoms with van der Waals surface area (Å²) in [7, 11) is -3.40. The zero-order valence-corrected chi connectivity index (χ0v) is 15.7. The minimum Gasteiger partial charge on any atom is -0.207 e. The van der Waals surface area contributed by atoms with Gasteiger partial charge in [0.1, 0.15) is 0 Å². The van der Waals surface area contributed by atoms with Gasteiger partial charge in [0, 0.05) is 18.0 Å². The first-order chi connectivity index (χ1) is 11.2. The number of hydrogen-bond acceptors (Lipinski definition) is 2. The second-order valence-corrected chi connectivity index (χ2v) is 10.9. The van der Waals surface area contributed by atoms with Crippen LogP contribution in [0.1, 0.15) is 39.2 Å². The van der Waals surface area contributed by atoms with Crippen LogP contribution in [0.5, 0.6) is 0 Å². The van der Waals surface area contributed by atoms with Crippen LogP contribution < -0.4 is 0 Å². The molecule has 4 bridgehead atoms. The second kappa shape index (κ2) is 3.99. The fourth-order valence-electron chi connectivity index (χ4n) is 6.67. The van der Waals surface area contributed by atoms with E-state index in [9.17, 15) is 8.42 Å². The van der Waals surface area contributed by atoms with E-state index >= 15 is 0 Å². The SMILES string of the molecule is CC1=CC2C34CN(S(=O)(=O)c5ccc(C)cc5)C(C)C23CC1(C)C4. The molecule has 5 unspecified atom stereocenters. The van der Waals surface area contributed by atoms with E-state index in [2.05, 4.69) is 26.8 Å². The molecule has 1 aromatic carbocycles. The third-order valence-electron chi connectivity index (χ3n) is 7.99. The Morgan fingerprint density at radius 2 is 1.79 bits per heavy atom. The largest absolute Gasteiger partial charge is 0.243 e. The van der Waals surface area contributed by atoms with Gasteiger partial charge in [0.15, 0.2) is 0 Å². The Labute approximate surface area is 144 Å². The van der Waals surface area contributed by atoms with E-state index in [0.29, 0.717) is 22.8 Å². The number of benzene rings is 1. The molecule has 0 radical (unpaired) electrons. The average molecular weight is 343 g/mol. The summed E-state index contributed by atoms with van der Waals surface area (Å²) < 4.78 is 28.2. The summed E-state index contributed by atoms with van der Waals surface area (Å²) in [5.41, 5.74) is 3.31. The van der Waals surface area contributed by atoms with Crippen LogP contribution in [-0.4, -0.2) is 25.3 Å². The maximum atomic E-state index is 13.2. The molecular formula is C20H25NO2S. The predicted molar refractivity (Wildman–Crippen MR) is 94.0 cm³/mol. The summed E-state index contributed by atoms with van der Waals surface area (Å²) in [6.07, 6.45) is 4.80. The summed E-state index contributed by atoms with van der Waals surface area (Å²) in [4.78, 5) is 0.440. The minimum atomic E-state index is -3.40. The fourth-order valence-corrected chi connectivity index (χ4v) is 8.42. The van der Waals surface area contributed by atoms with Gasteiger partial charge in [-0.25, -0.2) is 8.42 Å². The number of sulfonamides is 1. The molecule has 128 valence electrons. The molecule has 5 atom stereocenters. The average Bonchev–Trinajstić information content (AvgIpc) is 2.81. The molecule has 1 aliphatic heterocycles. The number of piperidine rings is 1. The van der Waals surface area contributed by atoms with Crippen LogP contribution in [0.3, 0.4) is 0 Å². The molecule has 0 amide bonds. The second-order valence-electron chi connectivity index (χ2n) is 8.98. The quantitative estimate of drug-likeness (QED) is 0.767. The summed E-state index contributed by atoms with van der Waals surface area (Å²) in [6.45, 7) is 9.47. The van der Waals surface area contributed by atoms with Gasteiger partial charge in [0.05, 0.1) is 4.90 Å². The Morgan fingerprint density at radius 1 is 1.12 bits per heavy atom. The summed E-state index contributed by atoms with van der Waals surface area (Å²) in [5, 5.41) is 0. The van der Waals surface area contributed by atoms with Crippen molar-refractivity contribution in [2.75, 3.05) is 6.54 Å². The van der Waals surface area contributed by atoms with Gasteiger partial charge in [-0.1, -0.05) is 36.3 Å². The highest BCUT2D eigenvalue weighted by Gasteiger charge is 2.88. The van der Waals surface area contributed by atoms with Crippen molar-refractivity contribution in [2.24, 2.45) is 22.2 Å². The first-order valence-electron chi connectivity index (χ1n) is 8.95. The molecule has 24 heavy (non-hydrogen) atoms. The molecule has 2 saturated carbocycles. The van der Waals surface area contributed by atoms with Crippen molar-refractivity contribution in [3.63, 3.8) is 0 Å². The van der Waals surface area contributed by atoms with Crippen LogP contribution in [0.15, 0.2) is 40.8 Å². The molecule has 0 N–H and O–H groups in total. The number of rotatable bonds is 2. The Hall–Kier alpha value is -1.13. The third kappa shape index (κ3) is 1.39. The van der Waals surface area contributed by atoms with Gasteiger partial charge in [0.2, 0.25) is 10.0 Å². The van der Waals surface area contributed by atoms with Crippen LogP contribution in [0.4, 0.5) is 0 Å². The Bertz CT molecular complexity index is 887. The van der Waals surface area contributed by atoms with Gasteiger partial charge in [-0.05, 0) is 62.5 Å². The van der Waals surface area contributed by atoms with E-state index < -0.39 is 10.0 Å². The van der Waals surface area contributed by atoms with E-state index in [4.69, 9.17) is 0 Å². The lowest BCUT2D eigenvalue weighted by molar-refractivity contribution is 0.178. The van der Waals surface area contributed by atoms with Crippen LogP contribution in [0, 0.1) is 29.1 Å². The van der Waals surface area contributed by atoms with Gasteiger partial charge in [-0.2, -0.15) is 4.31 Å². The number of hydrogen-bond donors (Lipinski definition) is 0. The minimum absolute atomic E-state index is 0.0972. The first-order valence-corrected chi connectivity index (χ1v) is 10.4. The Morgan fingerprint density at radius 3 is 2.38 bits per heavy atom. The van der Waals surface area contributed by atoms with Gasteiger partial charge in [-0.15, -0.1) is 0 Å². The zero-order chi connectivity index (χ0) is 17.1. The zero-order valence-electron chi connectivity index (χ0n) is 14.8. The van der Waals surface area contributed by atoms with E-state index in [-0.39, 0.29) is 16.9 Å². The van der Waals surface area contributed by atoms with E-state index in [1.807, 2.05) is 23.4 Å². The van der Waals surface area contributed by atoms with Gasteiger partial charge < -0.3 is 0 Å². The van der Waals surface area contributed by atoms with Crippen molar-refractivity contribution in [1.82, 2.24) is 4.31 Å². The topological polar surface area (TPSA) is 37.4 Å². The molecule has 2 spiro atoms. The molecule has 3 nitrogen and oxygen atoms in total. The molecule has 1 saturated heterocycles. The molecular weight excluding hydrogens is 318 g/mol. The highest BCUT2D eigenvalue weighted by Crippen LogP contribution is 2.89. The van der Waals surface area contributed by atoms with Gasteiger partial charge in [-0.3, -0.25) is 0 Å². The summed E-state index contributed by atoms with van der Waals surface area (Å²) in [5.74, 6) is 0.603. The predicted octanol–water partition coefficient (Wildman–Crippen LogP) is 3.75. The molecule has 5 aliphatic rings. The van der Waals surface area contributed by atoms with Crippen molar-refractivity contribution < 1.29 is 8.42 Å². The molecule has 1 aromatic rings. The van der Waals surface area contributed by atoms with Crippen molar-refractivity contribution in [1.29, 1.82) is 0 Å². The number of nitrogens with zero attached hydrogens (tertiary/aromatic N) is 1. The fraction of sp³-hybridized carbons (Fsp3) is 0.600. The molecule has 3 fully saturated rings. The van der Waals surface area contributed by atoms with Crippen molar-refractivity contribution in [2.45, 2.75) is 51.5 Å². The van der Waals surface area contributed by atoms with Crippen molar-refractivity contribution in [3.8, 4) is 0 Å². The maximum absolute atomic E-state index is 13.2. The molecule has 4 heteroatoms. The van der Waals surface area contributed by atoms with Crippen LogP contribution in [0.2, 0.25) is 0 Å². The monoisotopic (exact) mass is 343 g/mol. The Kier molecular flexibility index (Phi) is 2.52. The highest BCUT2D eigenvalue weighted by atomic mass is 32.2. The van der Waals surface area contributed by atoms with E-state index in [0.717, 1.165) is 18.4 Å².